The Hall–Kier alpha value is -5.95. The molecule has 0 aliphatic heterocycles. The number of nitrogens with two attached hydrogens (primary N) is 2. The summed E-state index contributed by atoms with van der Waals surface area (Å²) in [5.41, 5.74) is 15.5. The minimum atomic E-state index is -1.35. The number of aliphatic carboxylic acids is 1. The van der Waals surface area contributed by atoms with Gasteiger partial charge in [0.2, 0.25) is 23.6 Å². The van der Waals surface area contributed by atoms with Crippen molar-refractivity contribution in [1.82, 2.24) is 25.9 Å². The summed E-state index contributed by atoms with van der Waals surface area (Å²) in [5.74, 6) is -4.11. The molecule has 10 N–H and O–H groups in total. The van der Waals surface area contributed by atoms with Crippen molar-refractivity contribution in [2.24, 2.45) is 11.5 Å². The molecule has 13 heteroatoms. The third-order valence-electron chi connectivity index (χ3n) is 8.39. The van der Waals surface area contributed by atoms with Crippen molar-refractivity contribution in [3.8, 4) is 0 Å². The number of carbonyl (C=O) groups excluding carboxylic acids is 4. The van der Waals surface area contributed by atoms with E-state index in [2.05, 4.69) is 25.9 Å². The molecule has 49 heavy (non-hydrogen) atoms. The molecule has 4 amide bonds. The molecule has 0 radical (unpaired) electrons. The first-order valence-electron chi connectivity index (χ1n) is 15.9. The Morgan fingerprint density at radius 2 is 1.12 bits per heavy atom. The van der Waals surface area contributed by atoms with Gasteiger partial charge in [0, 0.05) is 53.5 Å². The van der Waals surface area contributed by atoms with Gasteiger partial charge in [-0.05, 0) is 41.7 Å². The molecule has 0 saturated heterocycles. The van der Waals surface area contributed by atoms with Crippen LogP contribution in [0.5, 0.6) is 0 Å². The average molecular weight is 666 g/mol. The van der Waals surface area contributed by atoms with Crippen LogP contribution in [0.1, 0.15) is 29.5 Å². The fraction of sp³-hybridized carbons (Fsp3) is 0.250. The summed E-state index contributed by atoms with van der Waals surface area (Å²) in [6.07, 6.45) is 3.18. The first-order valence-corrected chi connectivity index (χ1v) is 15.9. The van der Waals surface area contributed by atoms with E-state index in [1.165, 1.54) is 0 Å². The van der Waals surface area contributed by atoms with Gasteiger partial charge in [0.25, 0.3) is 0 Å². The molecule has 3 aromatic carbocycles. The van der Waals surface area contributed by atoms with E-state index < -0.39 is 53.8 Å². The first-order chi connectivity index (χ1) is 23.6. The van der Waals surface area contributed by atoms with E-state index in [1.54, 1.807) is 12.4 Å². The minimum Gasteiger partial charge on any atom is -0.480 e. The Morgan fingerprint density at radius 1 is 0.633 bits per heavy atom. The average Bonchev–Trinajstić information content (AvgIpc) is 3.70. The Morgan fingerprint density at radius 3 is 1.69 bits per heavy atom. The van der Waals surface area contributed by atoms with Crippen LogP contribution in [0.3, 0.4) is 0 Å². The van der Waals surface area contributed by atoms with Gasteiger partial charge in [-0.3, -0.25) is 19.2 Å². The lowest BCUT2D eigenvalue weighted by Crippen LogP contribution is -2.58. The van der Waals surface area contributed by atoms with Crippen LogP contribution in [0, 0.1) is 0 Å². The van der Waals surface area contributed by atoms with E-state index >= 15 is 0 Å². The number of aromatic nitrogens is 2. The highest BCUT2D eigenvalue weighted by Crippen LogP contribution is 2.21. The molecule has 4 atom stereocenters. The largest absolute Gasteiger partial charge is 0.480 e. The van der Waals surface area contributed by atoms with Crippen molar-refractivity contribution in [3.63, 3.8) is 0 Å². The number of primary amides is 1. The van der Waals surface area contributed by atoms with Crippen LogP contribution < -0.4 is 27.4 Å². The van der Waals surface area contributed by atoms with Gasteiger partial charge in [-0.1, -0.05) is 66.7 Å². The number of hydrogen-bond acceptors (Lipinski definition) is 6. The van der Waals surface area contributed by atoms with Gasteiger partial charge >= 0.3 is 5.97 Å². The number of rotatable bonds is 16. The zero-order valence-corrected chi connectivity index (χ0v) is 26.6. The second-order valence-electron chi connectivity index (χ2n) is 12.0. The predicted molar refractivity (Wildman–Crippen MR) is 184 cm³/mol. The molecule has 13 nitrogen and oxygen atoms in total. The molecular formula is C36H39N7O6. The highest BCUT2D eigenvalue weighted by Gasteiger charge is 2.31. The highest BCUT2D eigenvalue weighted by atomic mass is 16.4. The Bertz CT molecular complexity index is 1950. The van der Waals surface area contributed by atoms with Crippen molar-refractivity contribution in [2.75, 3.05) is 0 Å². The Balaban J connectivity index is 1.35. The number of H-pyrrole nitrogens is 2. The predicted octanol–water partition coefficient (Wildman–Crippen LogP) is 1.81. The number of hydrogen-bond donors (Lipinski definition) is 8. The van der Waals surface area contributed by atoms with Crippen LogP contribution in [0.15, 0.2) is 91.3 Å². The summed E-state index contributed by atoms with van der Waals surface area (Å²) in [6, 6.07) is 19.2. The van der Waals surface area contributed by atoms with Gasteiger partial charge in [0.15, 0.2) is 0 Å². The van der Waals surface area contributed by atoms with Gasteiger partial charge in [0.05, 0.1) is 6.04 Å². The van der Waals surface area contributed by atoms with Crippen molar-refractivity contribution in [3.05, 3.63) is 108 Å². The van der Waals surface area contributed by atoms with Crippen LogP contribution in [-0.2, 0) is 43.2 Å². The number of para-hydroxylation sites is 2. The van der Waals surface area contributed by atoms with E-state index in [0.29, 0.717) is 5.56 Å². The zero-order valence-electron chi connectivity index (χ0n) is 26.6. The van der Waals surface area contributed by atoms with Gasteiger partial charge in [-0.2, -0.15) is 0 Å². The SMILES string of the molecule is NC(=O)CCC(NC(=O)C(Cc1c[nH]c2ccccc12)NC(=O)C(N)Cc1ccccc1)C(=O)NC(Cc1c[nH]c2ccccc12)C(=O)O. The number of carboxylic acid groups (broad SMARTS) is 1. The number of aromatic amines is 2. The summed E-state index contributed by atoms with van der Waals surface area (Å²) >= 11 is 0. The number of nitrogens with one attached hydrogen (secondary N) is 5. The maximum absolute atomic E-state index is 13.9. The summed E-state index contributed by atoms with van der Waals surface area (Å²) in [4.78, 5) is 71.0. The van der Waals surface area contributed by atoms with Gasteiger partial charge in [-0.15, -0.1) is 0 Å². The number of amides is 4. The normalized spacial score (nSPS) is 13.7. The third-order valence-corrected chi connectivity index (χ3v) is 8.39. The van der Waals surface area contributed by atoms with Crippen LogP contribution in [0.4, 0.5) is 0 Å². The molecule has 0 spiro atoms. The quantitative estimate of drug-likeness (QED) is 0.0779. The minimum absolute atomic E-state index is 0.0415. The van der Waals surface area contributed by atoms with E-state index in [1.807, 2.05) is 78.9 Å². The van der Waals surface area contributed by atoms with E-state index in [9.17, 15) is 29.1 Å². The summed E-state index contributed by atoms with van der Waals surface area (Å²) in [6.45, 7) is 0. The van der Waals surface area contributed by atoms with Crippen LogP contribution in [-0.4, -0.2) is 68.8 Å². The second kappa shape index (κ2) is 15.8. The lowest BCUT2D eigenvalue weighted by atomic mass is 10.0. The molecule has 5 rings (SSSR count). The van der Waals surface area contributed by atoms with Crippen molar-refractivity contribution in [1.29, 1.82) is 0 Å². The smallest absolute Gasteiger partial charge is 0.326 e. The molecule has 2 heterocycles. The molecule has 0 aliphatic rings. The molecule has 2 aromatic heterocycles. The van der Waals surface area contributed by atoms with E-state index in [-0.39, 0.29) is 32.1 Å². The number of fused-ring (bicyclic) bond motifs is 2. The second-order valence-corrected chi connectivity index (χ2v) is 12.0. The Kier molecular flexibility index (Phi) is 11.1. The highest BCUT2D eigenvalue weighted by molar-refractivity contribution is 5.95. The fourth-order valence-electron chi connectivity index (χ4n) is 5.79. The summed E-state index contributed by atoms with van der Waals surface area (Å²) < 4.78 is 0. The van der Waals surface area contributed by atoms with Crippen molar-refractivity contribution >= 4 is 51.4 Å². The first kappa shape index (κ1) is 34.4. The van der Waals surface area contributed by atoms with E-state index in [0.717, 1.165) is 32.9 Å². The van der Waals surface area contributed by atoms with Gasteiger partial charge in [0.1, 0.15) is 18.1 Å². The van der Waals surface area contributed by atoms with Crippen LogP contribution >= 0.6 is 0 Å². The van der Waals surface area contributed by atoms with Crippen molar-refractivity contribution < 1.29 is 29.1 Å². The monoisotopic (exact) mass is 665 g/mol. The van der Waals surface area contributed by atoms with Crippen LogP contribution in [0.2, 0.25) is 0 Å². The fourth-order valence-corrected chi connectivity index (χ4v) is 5.79. The molecule has 0 aliphatic carbocycles. The number of benzene rings is 3. The van der Waals surface area contributed by atoms with Crippen molar-refractivity contribution in [2.45, 2.75) is 56.3 Å². The molecular weight excluding hydrogens is 626 g/mol. The number of carboxylic acids is 1. The van der Waals surface area contributed by atoms with E-state index in [4.69, 9.17) is 11.5 Å². The molecule has 4 unspecified atom stereocenters. The maximum atomic E-state index is 13.9. The topological polar surface area (TPSA) is 225 Å². The number of carbonyl (C=O) groups is 5. The van der Waals surface area contributed by atoms with Crippen LogP contribution in [0.25, 0.3) is 21.8 Å². The molecule has 0 fully saturated rings. The molecule has 0 bridgehead atoms. The summed E-state index contributed by atoms with van der Waals surface area (Å²) in [5, 5.41) is 19.5. The lowest BCUT2D eigenvalue weighted by Gasteiger charge is -2.25. The Labute approximate surface area is 281 Å². The maximum Gasteiger partial charge on any atom is 0.326 e. The zero-order chi connectivity index (χ0) is 34.9. The molecule has 254 valence electrons. The van der Waals surface area contributed by atoms with Gasteiger partial charge in [-0.25, -0.2) is 4.79 Å². The standard InChI is InChI=1S/C36H39N7O6/c37-26(16-21-8-2-1-3-9-21)33(45)42-30(17-22-19-39-27-12-6-4-10-24(22)27)35(47)41-29(14-15-32(38)44)34(46)43-31(36(48)49)18-23-20-40-28-13-7-5-11-25(23)28/h1-13,19-20,26,29-31,39-40H,14-18,37H2,(H2,38,44)(H,41,47)(H,42,45)(H,43,46)(H,48,49). The molecule has 5 aromatic rings. The summed E-state index contributed by atoms with van der Waals surface area (Å²) in [7, 11) is 0. The lowest BCUT2D eigenvalue weighted by molar-refractivity contribution is -0.142. The van der Waals surface area contributed by atoms with Gasteiger partial charge < -0.3 is 42.5 Å². The third kappa shape index (κ3) is 8.90. The molecule has 0 saturated carbocycles.